The summed E-state index contributed by atoms with van der Waals surface area (Å²) in [6.07, 6.45) is 2.80. The molecule has 2 aromatic carbocycles. The van der Waals surface area contributed by atoms with Gasteiger partial charge >= 0.3 is 11.9 Å². The van der Waals surface area contributed by atoms with E-state index >= 15 is 0 Å². The summed E-state index contributed by atoms with van der Waals surface area (Å²) < 4.78 is 0. The first-order valence-electron chi connectivity index (χ1n) is 13.4. The molecule has 0 saturated heterocycles. The number of rotatable bonds is 16. The molecule has 0 aliphatic heterocycles. The van der Waals surface area contributed by atoms with Crippen LogP contribution in [0.15, 0.2) is 54.7 Å². The van der Waals surface area contributed by atoms with Crippen LogP contribution in [-0.2, 0) is 36.8 Å². The maximum absolute atomic E-state index is 13.2. The van der Waals surface area contributed by atoms with Crippen molar-refractivity contribution < 1.29 is 39.3 Å². The smallest absolute Gasteiger partial charge is 0.326 e. The second-order valence-corrected chi connectivity index (χ2v) is 10.9. The number of hydrogen-bond donors (Lipinski definition) is 8. The minimum absolute atomic E-state index is 0.0585. The van der Waals surface area contributed by atoms with Crippen LogP contribution >= 0.6 is 11.8 Å². The van der Waals surface area contributed by atoms with Gasteiger partial charge < -0.3 is 42.0 Å². The molecule has 9 N–H and O–H groups in total. The van der Waals surface area contributed by atoms with Crippen molar-refractivity contribution in [3.05, 3.63) is 65.9 Å². The van der Waals surface area contributed by atoms with Crippen LogP contribution in [0.25, 0.3) is 10.9 Å². The molecule has 0 spiro atoms. The first-order valence-corrected chi connectivity index (χ1v) is 14.8. The Morgan fingerprint density at radius 1 is 0.860 bits per heavy atom. The zero-order chi connectivity index (χ0) is 31.5. The van der Waals surface area contributed by atoms with E-state index in [1.54, 1.807) is 36.7 Å². The summed E-state index contributed by atoms with van der Waals surface area (Å²) >= 11 is 1.41. The molecule has 1 aromatic heterocycles. The number of aromatic hydroxyl groups is 1. The zero-order valence-corrected chi connectivity index (χ0v) is 24.2. The van der Waals surface area contributed by atoms with E-state index in [1.807, 2.05) is 12.1 Å². The lowest BCUT2D eigenvalue weighted by Crippen LogP contribution is -2.58. The minimum Gasteiger partial charge on any atom is -0.508 e. The number of phenolic OH excluding ortho intramolecular Hbond substituents is 1. The average molecular weight is 614 g/mol. The van der Waals surface area contributed by atoms with Gasteiger partial charge in [0.1, 0.15) is 23.9 Å². The Labute approximate surface area is 251 Å². The predicted molar refractivity (Wildman–Crippen MR) is 160 cm³/mol. The number of benzene rings is 2. The number of H-pyrrole nitrogens is 1. The van der Waals surface area contributed by atoms with Gasteiger partial charge in [-0.25, -0.2) is 4.79 Å². The lowest BCUT2D eigenvalue weighted by atomic mass is 10.0. The van der Waals surface area contributed by atoms with Crippen LogP contribution in [0.5, 0.6) is 5.75 Å². The topological polar surface area (TPSA) is 224 Å². The van der Waals surface area contributed by atoms with Crippen LogP contribution in [0, 0.1) is 0 Å². The molecule has 0 radical (unpaired) electrons. The van der Waals surface area contributed by atoms with Crippen LogP contribution in [0.1, 0.15) is 24.0 Å². The van der Waals surface area contributed by atoms with Crippen molar-refractivity contribution in [3.63, 3.8) is 0 Å². The molecule has 43 heavy (non-hydrogen) atoms. The lowest BCUT2D eigenvalue weighted by Gasteiger charge is -2.24. The molecule has 3 rings (SSSR count). The predicted octanol–water partition coefficient (Wildman–Crippen LogP) is 0.753. The van der Waals surface area contributed by atoms with Gasteiger partial charge in [-0.05, 0) is 54.2 Å². The van der Waals surface area contributed by atoms with E-state index in [-0.39, 0.29) is 25.0 Å². The Bertz CT molecular complexity index is 1440. The molecule has 3 amide bonds. The zero-order valence-electron chi connectivity index (χ0n) is 23.4. The number of aromatic amines is 1. The van der Waals surface area contributed by atoms with Crippen LogP contribution in [0.3, 0.4) is 0 Å². The number of fused-ring (bicyclic) bond motifs is 1. The van der Waals surface area contributed by atoms with Crippen molar-refractivity contribution in [1.82, 2.24) is 20.9 Å². The van der Waals surface area contributed by atoms with Gasteiger partial charge in [-0.15, -0.1) is 0 Å². The van der Waals surface area contributed by atoms with Crippen molar-refractivity contribution in [1.29, 1.82) is 0 Å². The second-order valence-electron chi connectivity index (χ2n) is 9.94. The van der Waals surface area contributed by atoms with E-state index in [2.05, 4.69) is 20.9 Å². The minimum atomic E-state index is -1.62. The van der Waals surface area contributed by atoms with Crippen molar-refractivity contribution in [3.8, 4) is 5.75 Å². The summed E-state index contributed by atoms with van der Waals surface area (Å²) in [5.74, 6) is -4.68. The van der Waals surface area contributed by atoms with Gasteiger partial charge in [-0.3, -0.25) is 19.2 Å². The maximum Gasteiger partial charge on any atom is 0.326 e. The molecule has 14 heteroatoms. The van der Waals surface area contributed by atoms with Crippen LogP contribution in [0.4, 0.5) is 0 Å². The highest BCUT2D eigenvalue weighted by Crippen LogP contribution is 2.19. The normalized spacial score (nSPS) is 13.8. The average Bonchev–Trinajstić information content (AvgIpc) is 3.37. The summed E-state index contributed by atoms with van der Waals surface area (Å²) in [5.41, 5.74) is 8.14. The number of hydrogen-bond acceptors (Lipinski definition) is 8. The Balaban J connectivity index is 1.70. The monoisotopic (exact) mass is 613 g/mol. The number of phenols is 1. The molecule has 3 aromatic rings. The number of nitrogens with one attached hydrogen (secondary N) is 4. The van der Waals surface area contributed by atoms with Gasteiger partial charge in [0, 0.05) is 23.5 Å². The number of nitrogens with two attached hydrogens (primary N) is 1. The summed E-state index contributed by atoms with van der Waals surface area (Å²) in [5, 5.41) is 36.7. The van der Waals surface area contributed by atoms with E-state index in [4.69, 9.17) is 5.73 Å². The maximum atomic E-state index is 13.2. The number of amides is 3. The SMILES string of the molecule is CSCCC(NC(=O)C(N)Cc1ccc(O)cc1)C(=O)NC(CC(=O)O)C(=O)NC(Cc1c[nH]c2ccccc12)C(=O)O. The van der Waals surface area contributed by atoms with E-state index < -0.39 is 60.2 Å². The highest BCUT2D eigenvalue weighted by molar-refractivity contribution is 7.98. The quantitative estimate of drug-likeness (QED) is 0.113. The van der Waals surface area contributed by atoms with Gasteiger partial charge in [0.05, 0.1) is 12.5 Å². The van der Waals surface area contributed by atoms with Gasteiger partial charge in [0.25, 0.3) is 0 Å². The number of para-hydroxylation sites is 1. The molecule has 1 heterocycles. The molecule has 0 fully saturated rings. The molecular weight excluding hydrogens is 578 g/mol. The fourth-order valence-electron chi connectivity index (χ4n) is 4.41. The number of carbonyl (C=O) groups is 5. The molecule has 230 valence electrons. The molecule has 0 bridgehead atoms. The van der Waals surface area contributed by atoms with E-state index in [9.17, 15) is 39.3 Å². The fraction of sp³-hybridized carbons (Fsp3) is 0.345. The van der Waals surface area contributed by atoms with Crippen molar-refractivity contribution in [2.24, 2.45) is 5.73 Å². The number of carboxylic acids is 2. The molecule has 0 saturated carbocycles. The second kappa shape index (κ2) is 15.6. The Kier molecular flexibility index (Phi) is 12.0. The van der Waals surface area contributed by atoms with Gasteiger partial charge in [0.2, 0.25) is 17.7 Å². The fourth-order valence-corrected chi connectivity index (χ4v) is 4.88. The molecule has 4 atom stereocenters. The van der Waals surface area contributed by atoms with Crippen molar-refractivity contribution in [2.45, 2.75) is 49.9 Å². The first-order chi connectivity index (χ1) is 20.5. The van der Waals surface area contributed by atoms with Crippen molar-refractivity contribution in [2.75, 3.05) is 12.0 Å². The lowest BCUT2D eigenvalue weighted by molar-refractivity contribution is -0.143. The van der Waals surface area contributed by atoms with Crippen molar-refractivity contribution >= 4 is 52.3 Å². The van der Waals surface area contributed by atoms with Gasteiger partial charge in [0.15, 0.2) is 0 Å². The number of aromatic nitrogens is 1. The third-order valence-electron chi connectivity index (χ3n) is 6.70. The summed E-state index contributed by atoms with van der Waals surface area (Å²) in [7, 11) is 0. The third-order valence-corrected chi connectivity index (χ3v) is 7.34. The summed E-state index contributed by atoms with van der Waals surface area (Å²) in [6.45, 7) is 0. The largest absolute Gasteiger partial charge is 0.508 e. The molecular formula is C29H35N5O8S. The highest BCUT2D eigenvalue weighted by atomic mass is 32.2. The summed E-state index contributed by atoms with van der Waals surface area (Å²) in [4.78, 5) is 65.8. The van der Waals surface area contributed by atoms with E-state index in [0.717, 1.165) is 10.9 Å². The number of carbonyl (C=O) groups excluding carboxylic acids is 3. The van der Waals surface area contributed by atoms with E-state index in [1.165, 1.54) is 23.9 Å². The standard InChI is InChI=1S/C29H35N5O8S/c1-43-11-10-22(32-26(38)20(30)12-16-6-8-18(35)9-7-16)27(39)33-23(14-25(36)37)28(40)34-24(29(41)42)13-17-15-31-21-5-3-2-4-19(17)21/h2-9,15,20,22-24,31,35H,10-14,30H2,1H3,(H,32,38)(H,33,39)(H,34,40)(H,36,37)(H,41,42). The third kappa shape index (κ3) is 9.75. The Morgan fingerprint density at radius 3 is 2.14 bits per heavy atom. The molecule has 13 nitrogen and oxygen atoms in total. The number of aliphatic carboxylic acids is 2. The number of thioether (sulfide) groups is 1. The Morgan fingerprint density at radius 2 is 1.49 bits per heavy atom. The van der Waals surface area contributed by atoms with E-state index in [0.29, 0.717) is 16.9 Å². The van der Waals surface area contributed by atoms with Crippen LogP contribution in [0.2, 0.25) is 0 Å². The Hall–Kier alpha value is -4.56. The highest BCUT2D eigenvalue weighted by Gasteiger charge is 2.32. The van der Waals surface area contributed by atoms with Gasteiger partial charge in [-0.1, -0.05) is 30.3 Å². The summed E-state index contributed by atoms with van der Waals surface area (Å²) in [6, 6.07) is 8.15. The number of carboxylic acid groups (broad SMARTS) is 2. The molecule has 4 unspecified atom stereocenters. The first kappa shape index (κ1) is 32.9. The molecule has 0 aliphatic rings. The van der Waals surface area contributed by atoms with Crippen LogP contribution in [-0.4, -0.2) is 86.1 Å². The van der Waals surface area contributed by atoms with Gasteiger partial charge in [-0.2, -0.15) is 11.8 Å². The van der Waals surface area contributed by atoms with Crippen LogP contribution < -0.4 is 21.7 Å². The molecule has 0 aliphatic carbocycles.